The molecule has 0 spiro atoms. The zero-order valence-corrected chi connectivity index (χ0v) is 54.0. The van der Waals surface area contributed by atoms with Gasteiger partial charge in [0, 0.05) is 0 Å². The van der Waals surface area contributed by atoms with Gasteiger partial charge in [0.1, 0.15) is 43.2 Å². The molecule has 9 rings (SSSR count). The van der Waals surface area contributed by atoms with Crippen molar-refractivity contribution >= 4 is 90.7 Å². The molecule has 8 bridgehead atoms. The van der Waals surface area contributed by atoms with Crippen LogP contribution in [0.4, 0.5) is 0 Å². The Bertz CT molecular complexity index is 3550. The zero-order valence-electron chi connectivity index (χ0n) is 41.8. The zero-order chi connectivity index (χ0) is 50.9. The molecule has 0 N–H and O–H groups in total. The standard InChI is InChI=1S/C48H36N4O16S4.Cu.4Na/c1-61-37-17-5-25(21-41(37)69-67-65-53)45-29-9-10-30(49-29)46(26-6-18-38(62-2)42(22-26)70-68-66-54)32-12-14-34(51-32)48(28-8-20-40(64-4)44(24-28)72(58,59)60)36-16-15-35(52-36)47(33-13-11-31(45)50-33)27-7-19-39(63-3)43(23-27)71(55,56)57;;;;;/h5-24,53-54H,1-4H3,(H,55,56,57)(H,58,59,60);;;;;/q-2;+2;4*+1/p-4. The van der Waals surface area contributed by atoms with Crippen LogP contribution in [0.5, 0.6) is 23.0 Å². The molecule has 0 saturated heterocycles. The maximum Gasteiger partial charge on any atom is 2.00 e. The number of hydrogen-bond donors (Lipinski definition) is 0. The van der Waals surface area contributed by atoms with Crippen molar-refractivity contribution in [2.45, 2.75) is 19.6 Å². The first-order chi connectivity index (χ1) is 34.7. The van der Waals surface area contributed by atoms with E-state index in [0.29, 0.717) is 90.1 Å². The maximum absolute atomic E-state index is 12.7. The van der Waals surface area contributed by atoms with Crippen LogP contribution >= 0.6 is 24.1 Å². The Balaban J connectivity index is 0.00000256. The molecule has 2 aliphatic heterocycles. The van der Waals surface area contributed by atoms with E-state index in [2.05, 4.69) is 10.1 Å². The molecule has 0 aliphatic carbocycles. The Labute approximate surface area is 548 Å². The first-order valence-corrected chi connectivity index (χ1v) is 24.9. The number of nitrogens with zero attached hydrogens (tertiary/aromatic N) is 4. The van der Waals surface area contributed by atoms with E-state index in [4.69, 9.17) is 47.6 Å². The normalized spacial score (nSPS) is 11.5. The van der Waals surface area contributed by atoms with Crippen molar-refractivity contribution < 1.29 is 209 Å². The molecule has 0 atom stereocenters. The summed E-state index contributed by atoms with van der Waals surface area (Å²) in [5.41, 5.74) is 5.12. The van der Waals surface area contributed by atoms with Gasteiger partial charge >= 0.3 is 135 Å². The minimum Gasteiger partial charge on any atom is -0.744 e. The SMILES string of the molecule is COc1ccc(-c2c3nc(c(-c4ccc(OC)c(S(=O)(=O)[O-])c4)c4ccc([n-]4)c(-c4ccc(OC)c(S(=O)(=O)[O-])c4)c4nc(c(-c5ccc(OC)c(SOO[O-])c5)c5ccc2[n-]5)C=C4)C=C3)cc1SOO[O-].[Cu+2].[Na+].[Na+].[Na+].[Na+]. The Morgan fingerprint density at radius 2 is 0.701 bits per heavy atom. The minimum atomic E-state index is -5.11. The van der Waals surface area contributed by atoms with Gasteiger partial charge in [0.2, 0.25) is 0 Å². The second-order valence-corrected chi connectivity index (χ2v) is 19.4. The van der Waals surface area contributed by atoms with Crippen LogP contribution in [0.15, 0.2) is 117 Å². The summed E-state index contributed by atoms with van der Waals surface area (Å²) in [4.78, 5) is 19.8. The molecule has 1 radical (unpaired) electrons. The number of aromatic nitrogens is 4. The molecule has 2 aliphatic rings. The third kappa shape index (κ3) is 14.4. The molecular weight excluding hydrogens is 1170 g/mol. The summed E-state index contributed by atoms with van der Waals surface area (Å²) >= 11 is 1.20. The van der Waals surface area contributed by atoms with E-state index < -0.39 is 30.0 Å². The molecule has 4 aromatic carbocycles. The van der Waals surface area contributed by atoms with Crippen LogP contribution in [0.1, 0.15) is 22.8 Å². The van der Waals surface area contributed by atoms with Gasteiger partial charge in [-0.15, -0.1) is 22.1 Å². The molecule has 5 heterocycles. The fourth-order valence-corrected chi connectivity index (χ4v) is 10.6. The first-order valence-electron chi connectivity index (χ1n) is 20.6. The van der Waals surface area contributed by atoms with Crippen LogP contribution in [0.25, 0.3) is 90.9 Å². The molecule has 379 valence electrons. The van der Waals surface area contributed by atoms with E-state index >= 15 is 0 Å². The molecular formula is C48H32CuN4Na4O16S4. The predicted octanol–water partition coefficient (Wildman–Crippen LogP) is -5.10. The Hall–Kier alpha value is -2.52. The summed E-state index contributed by atoms with van der Waals surface area (Å²) in [6, 6.07) is 24.9. The van der Waals surface area contributed by atoms with Crippen molar-refractivity contribution in [1.29, 1.82) is 0 Å². The van der Waals surface area contributed by atoms with Crippen molar-refractivity contribution in [2.75, 3.05) is 28.4 Å². The van der Waals surface area contributed by atoms with Crippen molar-refractivity contribution in [1.82, 2.24) is 19.9 Å². The molecule has 77 heavy (non-hydrogen) atoms. The summed E-state index contributed by atoms with van der Waals surface area (Å²) < 4.78 is 107. The van der Waals surface area contributed by atoms with E-state index in [1.807, 2.05) is 0 Å². The van der Waals surface area contributed by atoms with Crippen LogP contribution in [0.2, 0.25) is 0 Å². The van der Waals surface area contributed by atoms with Crippen LogP contribution < -0.4 is 158 Å². The largest absolute Gasteiger partial charge is 2.00 e. The average Bonchev–Trinajstić information content (AvgIpc) is 4.23. The fraction of sp³-hybridized carbons (Fsp3) is 0.0833. The van der Waals surface area contributed by atoms with E-state index in [-0.39, 0.29) is 191 Å². The molecule has 0 fully saturated rings. The van der Waals surface area contributed by atoms with Crippen LogP contribution in [-0.4, -0.2) is 64.3 Å². The van der Waals surface area contributed by atoms with Crippen LogP contribution in [0, 0.1) is 0 Å². The van der Waals surface area contributed by atoms with Crippen molar-refractivity contribution in [2.24, 2.45) is 0 Å². The van der Waals surface area contributed by atoms with Gasteiger partial charge in [0.05, 0.1) is 94.9 Å². The number of hydrogen-bond acceptors (Lipinski definition) is 20. The third-order valence-electron chi connectivity index (χ3n) is 11.3. The molecule has 0 unspecified atom stereocenters. The van der Waals surface area contributed by atoms with Gasteiger partial charge in [-0.1, -0.05) is 48.5 Å². The third-order valence-corrected chi connectivity index (χ3v) is 14.2. The summed E-state index contributed by atoms with van der Waals surface area (Å²) in [5, 5.41) is 29.3. The number of rotatable bonds is 16. The second-order valence-electron chi connectivity index (χ2n) is 15.2. The maximum atomic E-state index is 12.7. The van der Waals surface area contributed by atoms with Gasteiger partial charge < -0.3 is 48.5 Å². The Kier molecular flexibility index (Phi) is 25.2. The second kappa shape index (κ2) is 28.9. The fourth-order valence-electron chi connectivity index (χ4n) is 8.22. The smallest absolute Gasteiger partial charge is 0.744 e. The van der Waals surface area contributed by atoms with E-state index in [1.54, 1.807) is 85.0 Å². The number of ether oxygens (including phenoxy) is 4. The van der Waals surface area contributed by atoms with Crippen molar-refractivity contribution in [3.05, 3.63) is 120 Å². The van der Waals surface area contributed by atoms with Gasteiger partial charge in [-0.2, -0.15) is 8.67 Å². The van der Waals surface area contributed by atoms with Gasteiger partial charge in [0.15, 0.2) is 0 Å². The van der Waals surface area contributed by atoms with E-state index in [1.165, 1.54) is 52.7 Å². The summed E-state index contributed by atoms with van der Waals surface area (Å²) in [6.07, 6.45) is 6.72. The van der Waals surface area contributed by atoms with Gasteiger partial charge in [0.25, 0.3) is 0 Å². The average molecular weight is 1200 g/mol. The quantitative estimate of drug-likeness (QED) is 0.0288. The minimum absolute atomic E-state index is 0. The van der Waals surface area contributed by atoms with Crippen molar-refractivity contribution in [3.8, 4) is 67.5 Å². The molecule has 0 saturated carbocycles. The molecule has 7 aromatic rings. The molecule has 29 heteroatoms. The molecule has 0 amide bonds. The van der Waals surface area contributed by atoms with Crippen LogP contribution in [-0.2, 0) is 56.0 Å². The molecule has 3 aromatic heterocycles. The van der Waals surface area contributed by atoms with E-state index in [0.717, 1.165) is 12.1 Å². The van der Waals surface area contributed by atoms with Gasteiger partial charge in [-0.3, -0.25) is 10.1 Å². The van der Waals surface area contributed by atoms with Crippen LogP contribution in [0.3, 0.4) is 0 Å². The molecule has 20 nitrogen and oxygen atoms in total. The van der Waals surface area contributed by atoms with Gasteiger partial charge in [-0.05, 0) is 117 Å². The Morgan fingerprint density at radius 1 is 0.429 bits per heavy atom. The predicted molar refractivity (Wildman–Crippen MR) is 257 cm³/mol. The summed E-state index contributed by atoms with van der Waals surface area (Å²) in [7, 11) is -4.90. The number of fused-ring (bicyclic) bond motifs is 8. The number of methoxy groups -OCH3 is 4. The van der Waals surface area contributed by atoms with Crippen molar-refractivity contribution in [3.63, 3.8) is 0 Å². The Morgan fingerprint density at radius 3 is 0.961 bits per heavy atom. The first kappa shape index (κ1) is 67.0. The monoisotopic (exact) mass is 1200 g/mol. The summed E-state index contributed by atoms with van der Waals surface area (Å²) in [5.74, 6) is 0.269. The topological polar surface area (TPSA) is 288 Å². The van der Waals surface area contributed by atoms with Gasteiger partial charge in [-0.25, -0.2) is 26.8 Å². The summed E-state index contributed by atoms with van der Waals surface area (Å²) in [6.45, 7) is 0. The number of benzene rings is 4. The van der Waals surface area contributed by atoms with E-state index in [9.17, 15) is 36.5 Å².